The number of aryl methyl sites for hydroxylation is 2. The first-order valence-electron chi connectivity index (χ1n) is 6.24. The van der Waals surface area contributed by atoms with Gasteiger partial charge in [-0.1, -0.05) is 6.07 Å². The molecule has 1 N–H and O–H groups in total. The van der Waals surface area contributed by atoms with Crippen LogP contribution in [0.3, 0.4) is 0 Å². The molecule has 2 aromatic rings. The zero-order chi connectivity index (χ0) is 14.7. The van der Waals surface area contributed by atoms with Gasteiger partial charge in [0, 0.05) is 6.54 Å². The predicted molar refractivity (Wildman–Crippen MR) is 81.3 cm³/mol. The fourth-order valence-electron chi connectivity index (χ4n) is 1.93. The number of carbonyl (C=O) groups is 1. The van der Waals surface area contributed by atoms with E-state index in [2.05, 4.69) is 26.3 Å². The highest BCUT2D eigenvalue weighted by Gasteiger charge is 2.18. The topological polar surface area (TPSA) is 56.2 Å². The summed E-state index contributed by atoms with van der Waals surface area (Å²) in [6, 6.07) is 5.63. The van der Waals surface area contributed by atoms with Crippen molar-refractivity contribution in [1.82, 2.24) is 9.78 Å². The molecule has 1 aromatic carbocycles. The van der Waals surface area contributed by atoms with Gasteiger partial charge in [-0.25, -0.2) is 0 Å². The van der Waals surface area contributed by atoms with Crippen LogP contribution in [-0.4, -0.2) is 22.8 Å². The van der Waals surface area contributed by atoms with Crippen LogP contribution < -0.4 is 10.1 Å². The number of ether oxygens (including phenoxy) is 1. The average Bonchev–Trinajstić information content (AvgIpc) is 2.80. The maximum Gasteiger partial charge on any atom is 0.275 e. The molecule has 1 aromatic heterocycles. The van der Waals surface area contributed by atoms with E-state index >= 15 is 0 Å². The zero-order valence-electron chi connectivity index (χ0n) is 11.6. The van der Waals surface area contributed by atoms with Crippen molar-refractivity contribution in [2.75, 3.05) is 12.4 Å². The molecule has 2 rings (SSSR count). The van der Waals surface area contributed by atoms with Crippen molar-refractivity contribution in [3.05, 3.63) is 40.1 Å². The van der Waals surface area contributed by atoms with Crippen LogP contribution in [0.5, 0.6) is 5.75 Å². The smallest absolute Gasteiger partial charge is 0.275 e. The molecule has 0 spiro atoms. The maximum atomic E-state index is 12.4. The first-order chi connectivity index (χ1) is 9.56. The third kappa shape index (κ3) is 2.85. The van der Waals surface area contributed by atoms with E-state index in [0.29, 0.717) is 28.1 Å². The number of anilines is 1. The Morgan fingerprint density at radius 3 is 2.90 bits per heavy atom. The standard InChI is InChI=1S/C14H16BrN3O2/c1-4-18-13(10(15)8-16-18)14(19)17-11-7-9(2)5-6-12(11)20-3/h5-8H,4H2,1-3H3,(H,17,19). The van der Waals surface area contributed by atoms with E-state index in [1.165, 1.54) is 0 Å². The fraction of sp³-hybridized carbons (Fsp3) is 0.286. The highest BCUT2D eigenvalue weighted by molar-refractivity contribution is 9.10. The molecule has 6 heteroatoms. The Hall–Kier alpha value is -1.82. The largest absolute Gasteiger partial charge is 0.495 e. The molecule has 5 nitrogen and oxygen atoms in total. The summed E-state index contributed by atoms with van der Waals surface area (Å²) in [5.41, 5.74) is 2.19. The Bertz CT molecular complexity index is 637. The Balaban J connectivity index is 2.32. The second kappa shape index (κ2) is 6.09. The molecular weight excluding hydrogens is 322 g/mol. The monoisotopic (exact) mass is 337 g/mol. The molecule has 0 unspecified atom stereocenters. The Kier molecular flexibility index (Phi) is 4.44. The second-order valence-electron chi connectivity index (χ2n) is 4.31. The molecule has 0 radical (unpaired) electrons. The predicted octanol–water partition coefficient (Wildman–Crippen LogP) is 3.23. The number of carbonyl (C=O) groups excluding carboxylic acids is 1. The van der Waals surface area contributed by atoms with Crippen LogP contribution in [0.15, 0.2) is 28.9 Å². The number of halogens is 1. The van der Waals surface area contributed by atoms with Crippen molar-refractivity contribution in [2.24, 2.45) is 0 Å². The molecule has 0 aliphatic rings. The second-order valence-corrected chi connectivity index (χ2v) is 5.17. The molecule has 0 saturated heterocycles. The first-order valence-corrected chi connectivity index (χ1v) is 7.03. The number of amides is 1. The van der Waals surface area contributed by atoms with E-state index in [1.807, 2.05) is 32.0 Å². The highest BCUT2D eigenvalue weighted by atomic mass is 79.9. The van der Waals surface area contributed by atoms with Crippen LogP contribution in [0.2, 0.25) is 0 Å². The van der Waals surface area contributed by atoms with Gasteiger partial charge in [-0.2, -0.15) is 5.10 Å². The van der Waals surface area contributed by atoms with Gasteiger partial charge in [0.15, 0.2) is 0 Å². The number of rotatable bonds is 4. The van der Waals surface area contributed by atoms with Crippen molar-refractivity contribution in [3.8, 4) is 5.75 Å². The number of nitrogens with one attached hydrogen (secondary N) is 1. The molecule has 0 aliphatic carbocycles. The minimum absolute atomic E-state index is 0.222. The summed E-state index contributed by atoms with van der Waals surface area (Å²) in [5.74, 6) is 0.405. The summed E-state index contributed by atoms with van der Waals surface area (Å²) in [6.07, 6.45) is 1.62. The van der Waals surface area contributed by atoms with Crippen LogP contribution in [-0.2, 0) is 6.54 Å². The third-order valence-electron chi connectivity index (χ3n) is 2.91. The van der Waals surface area contributed by atoms with Gasteiger partial charge in [-0.05, 0) is 47.5 Å². The van der Waals surface area contributed by atoms with Crippen molar-refractivity contribution >= 4 is 27.5 Å². The zero-order valence-corrected chi connectivity index (χ0v) is 13.2. The molecule has 0 saturated carbocycles. The number of benzene rings is 1. The Labute approximate surface area is 126 Å². The number of nitrogens with zero attached hydrogens (tertiary/aromatic N) is 2. The van der Waals surface area contributed by atoms with E-state index in [1.54, 1.807) is 18.0 Å². The van der Waals surface area contributed by atoms with E-state index in [9.17, 15) is 4.79 Å². The molecule has 20 heavy (non-hydrogen) atoms. The molecule has 0 fully saturated rings. The summed E-state index contributed by atoms with van der Waals surface area (Å²) in [5, 5.41) is 7.00. The fourth-order valence-corrected chi connectivity index (χ4v) is 2.41. The molecule has 0 aliphatic heterocycles. The first kappa shape index (κ1) is 14.6. The van der Waals surface area contributed by atoms with Crippen molar-refractivity contribution in [3.63, 3.8) is 0 Å². The minimum atomic E-state index is -0.222. The summed E-state index contributed by atoms with van der Waals surface area (Å²) in [7, 11) is 1.58. The van der Waals surface area contributed by atoms with Gasteiger partial charge in [-0.3, -0.25) is 9.48 Å². The van der Waals surface area contributed by atoms with E-state index in [-0.39, 0.29) is 5.91 Å². The summed E-state index contributed by atoms with van der Waals surface area (Å²) >= 11 is 3.35. The Morgan fingerprint density at radius 1 is 1.50 bits per heavy atom. The number of methoxy groups -OCH3 is 1. The van der Waals surface area contributed by atoms with Crippen molar-refractivity contribution < 1.29 is 9.53 Å². The van der Waals surface area contributed by atoms with Crippen LogP contribution in [0, 0.1) is 6.92 Å². The van der Waals surface area contributed by atoms with Crippen LogP contribution in [0.25, 0.3) is 0 Å². The van der Waals surface area contributed by atoms with E-state index in [0.717, 1.165) is 5.56 Å². The quantitative estimate of drug-likeness (QED) is 0.931. The van der Waals surface area contributed by atoms with Gasteiger partial charge >= 0.3 is 0 Å². The van der Waals surface area contributed by atoms with Crippen LogP contribution in [0.4, 0.5) is 5.69 Å². The van der Waals surface area contributed by atoms with Gasteiger partial charge in [0.25, 0.3) is 5.91 Å². The minimum Gasteiger partial charge on any atom is -0.495 e. The van der Waals surface area contributed by atoms with Gasteiger partial charge in [0.2, 0.25) is 0 Å². The highest BCUT2D eigenvalue weighted by Crippen LogP contribution is 2.26. The Morgan fingerprint density at radius 2 is 2.25 bits per heavy atom. The molecule has 0 bridgehead atoms. The third-order valence-corrected chi connectivity index (χ3v) is 3.49. The average molecular weight is 338 g/mol. The van der Waals surface area contributed by atoms with Crippen molar-refractivity contribution in [1.29, 1.82) is 0 Å². The van der Waals surface area contributed by atoms with Crippen LogP contribution in [0.1, 0.15) is 23.0 Å². The number of hydrogen-bond acceptors (Lipinski definition) is 3. The normalized spacial score (nSPS) is 10.4. The number of aromatic nitrogens is 2. The van der Waals surface area contributed by atoms with Gasteiger partial charge in [0.1, 0.15) is 11.4 Å². The van der Waals surface area contributed by atoms with E-state index < -0.39 is 0 Å². The van der Waals surface area contributed by atoms with Gasteiger partial charge in [-0.15, -0.1) is 0 Å². The van der Waals surface area contributed by atoms with Crippen LogP contribution >= 0.6 is 15.9 Å². The molecule has 106 valence electrons. The number of hydrogen-bond donors (Lipinski definition) is 1. The molecule has 0 atom stereocenters. The molecule has 1 heterocycles. The maximum absolute atomic E-state index is 12.4. The lowest BCUT2D eigenvalue weighted by molar-refractivity contribution is 0.101. The lowest BCUT2D eigenvalue weighted by Crippen LogP contribution is -2.18. The van der Waals surface area contributed by atoms with E-state index in [4.69, 9.17) is 4.74 Å². The molecular formula is C14H16BrN3O2. The van der Waals surface area contributed by atoms with Gasteiger partial charge in [0.05, 0.1) is 23.5 Å². The summed E-state index contributed by atoms with van der Waals surface area (Å²) < 4.78 is 7.57. The summed E-state index contributed by atoms with van der Waals surface area (Å²) in [6.45, 7) is 4.52. The lowest BCUT2D eigenvalue weighted by Gasteiger charge is -2.12. The SMILES string of the molecule is CCn1ncc(Br)c1C(=O)Nc1cc(C)ccc1OC. The van der Waals surface area contributed by atoms with Gasteiger partial charge < -0.3 is 10.1 Å². The molecule has 1 amide bonds. The summed E-state index contributed by atoms with van der Waals surface area (Å²) in [4.78, 5) is 12.4. The lowest BCUT2D eigenvalue weighted by atomic mass is 10.2. The van der Waals surface area contributed by atoms with Crippen molar-refractivity contribution in [2.45, 2.75) is 20.4 Å².